The van der Waals surface area contributed by atoms with Crippen molar-refractivity contribution in [3.8, 4) is 17.2 Å². The van der Waals surface area contributed by atoms with Crippen molar-refractivity contribution in [2.45, 2.75) is 12.6 Å². The average Bonchev–Trinajstić information content (AvgIpc) is 3.28. The molecule has 0 amide bonds. The van der Waals surface area contributed by atoms with Gasteiger partial charge in [-0.05, 0) is 42.3 Å². The summed E-state index contributed by atoms with van der Waals surface area (Å²) in [5.74, 6) is 0.415. The van der Waals surface area contributed by atoms with Crippen LogP contribution in [-0.2, 0) is 12.6 Å². The van der Waals surface area contributed by atoms with Gasteiger partial charge in [0.1, 0.15) is 5.69 Å². The Morgan fingerprint density at radius 3 is 2.46 bits per heavy atom. The number of nitrogens with zero attached hydrogens (tertiary/aromatic N) is 3. The average molecular weight is 407 g/mol. The van der Waals surface area contributed by atoms with Gasteiger partial charge in [-0.25, -0.2) is 4.98 Å². The maximum absolute atomic E-state index is 13.2. The number of aliphatic hydroxyl groups excluding tert-OH is 1. The van der Waals surface area contributed by atoms with Crippen LogP contribution in [0.1, 0.15) is 11.1 Å². The van der Waals surface area contributed by atoms with Crippen LogP contribution in [0, 0.1) is 0 Å². The Kier molecular flexibility index (Phi) is 4.60. The van der Waals surface area contributed by atoms with Crippen LogP contribution in [0.15, 0.2) is 48.7 Å². The highest BCUT2D eigenvalue weighted by molar-refractivity contribution is 6.32. The Morgan fingerprint density at radius 2 is 1.86 bits per heavy atom. The van der Waals surface area contributed by atoms with Gasteiger partial charge in [0.15, 0.2) is 5.82 Å². The zero-order chi connectivity index (χ0) is 19.9. The van der Waals surface area contributed by atoms with Crippen molar-refractivity contribution >= 4 is 22.6 Å². The number of fused-ring (bicyclic) bond motifs is 1. The fraction of sp³-hybridized carbons (Fsp3) is 0.158. The molecule has 2 aromatic heterocycles. The summed E-state index contributed by atoms with van der Waals surface area (Å²) < 4.78 is 41.4. The van der Waals surface area contributed by atoms with Crippen molar-refractivity contribution < 1.29 is 18.3 Å². The van der Waals surface area contributed by atoms with Gasteiger partial charge in [-0.3, -0.25) is 9.67 Å². The number of rotatable bonds is 4. The fourth-order valence-electron chi connectivity index (χ4n) is 3.08. The topological polar surface area (TPSA) is 66.7 Å². The summed E-state index contributed by atoms with van der Waals surface area (Å²) in [7, 11) is 0. The number of alkyl halides is 3. The summed E-state index contributed by atoms with van der Waals surface area (Å²) >= 11 is 5.94. The summed E-state index contributed by atoms with van der Waals surface area (Å²) in [5, 5.41) is 15.4. The normalized spacial score (nSPS) is 12.0. The highest BCUT2D eigenvalue weighted by Crippen LogP contribution is 2.38. The van der Waals surface area contributed by atoms with Gasteiger partial charge in [0.25, 0.3) is 0 Å². The molecular weight excluding hydrogens is 393 g/mol. The lowest BCUT2D eigenvalue weighted by atomic mass is 10.1. The molecule has 0 fully saturated rings. The minimum atomic E-state index is -4.57. The molecule has 28 heavy (non-hydrogen) atoms. The number of hydrogen-bond acceptors (Lipinski definition) is 3. The van der Waals surface area contributed by atoms with Crippen molar-refractivity contribution in [1.29, 1.82) is 0 Å². The molecule has 0 atom stereocenters. The first kappa shape index (κ1) is 18.5. The smallest absolute Gasteiger partial charge is 0.396 e. The van der Waals surface area contributed by atoms with Crippen molar-refractivity contribution in [2.24, 2.45) is 0 Å². The first-order chi connectivity index (χ1) is 13.4. The van der Waals surface area contributed by atoms with Crippen molar-refractivity contribution in [2.75, 3.05) is 6.61 Å². The van der Waals surface area contributed by atoms with E-state index in [2.05, 4.69) is 15.2 Å². The molecule has 0 bridgehead atoms. The zero-order valence-electron chi connectivity index (χ0n) is 14.3. The summed E-state index contributed by atoms with van der Waals surface area (Å²) in [6.07, 6.45) is -2.52. The number of benzene rings is 2. The summed E-state index contributed by atoms with van der Waals surface area (Å²) in [6.45, 7) is 0.0303. The van der Waals surface area contributed by atoms with Gasteiger partial charge >= 0.3 is 6.18 Å². The molecule has 0 aliphatic carbocycles. The molecule has 4 aromatic rings. The predicted octanol–water partition coefficient (Wildman–Crippen LogP) is 4.62. The number of halogens is 4. The number of aromatic nitrogens is 4. The van der Waals surface area contributed by atoms with Crippen LogP contribution in [-0.4, -0.2) is 31.5 Å². The van der Waals surface area contributed by atoms with E-state index >= 15 is 0 Å². The van der Waals surface area contributed by atoms with E-state index in [-0.39, 0.29) is 12.1 Å². The molecule has 0 saturated heterocycles. The minimum Gasteiger partial charge on any atom is -0.396 e. The van der Waals surface area contributed by atoms with Gasteiger partial charge in [0.2, 0.25) is 0 Å². The van der Waals surface area contributed by atoms with Crippen LogP contribution in [0.25, 0.3) is 28.2 Å². The lowest BCUT2D eigenvalue weighted by molar-refractivity contribution is -0.137. The summed E-state index contributed by atoms with van der Waals surface area (Å²) in [4.78, 5) is 4.40. The van der Waals surface area contributed by atoms with E-state index in [1.807, 2.05) is 24.3 Å². The molecule has 2 heterocycles. The van der Waals surface area contributed by atoms with Crippen LogP contribution in [0.4, 0.5) is 13.2 Å². The Labute approximate surface area is 162 Å². The van der Waals surface area contributed by atoms with E-state index < -0.39 is 16.8 Å². The SMILES string of the molecule is OCCc1ccc(-n2c(-c3ccn[nH]3)nc3cc(C(F)(F)F)c(Cl)cc32)cc1. The second-order valence-electron chi connectivity index (χ2n) is 6.20. The standard InChI is InChI=1S/C19H14ClF3N4O/c20-14-10-17-16(9-13(14)19(21,22)23)25-18(15-5-7-24-26-15)27(17)12-3-1-11(2-4-12)6-8-28/h1-5,7,9-10,28H,6,8H2,(H,24,26). The Bertz CT molecular complexity index is 1120. The highest BCUT2D eigenvalue weighted by Gasteiger charge is 2.34. The molecular formula is C19H14ClF3N4O. The van der Waals surface area contributed by atoms with Gasteiger partial charge in [-0.2, -0.15) is 18.3 Å². The quantitative estimate of drug-likeness (QED) is 0.519. The molecule has 0 spiro atoms. The molecule has 0 radical (unpaired) electrons. The van der Waals surface area contributed by atoms with E-state index in [0.29, 0.717) is 29.1 Å². The number of hydrogen-bond donors (Lipinski definition) is 2. The molecule has 2 N–H and O–H groups in total. The number of aliphatic hydroxyl groups is 1. The van der Waals surface area contributed by atoms with E-state index in [1.165, 1.54) is 12.3 Å². The molecule has 144 valence electrons. The third kappa shape index (κ3) is 3.25. The van der Waals surface area contributed by atoms with Crippen LogP contribution in [0.3, 0.4) is 0 Å². The van der Waals surface area contributed by atoms with Crippen molar-refractivity contribution in [1.82, 2.24) is 19.7 Å². The first-order valence-electron chi connectivity index (χ1n) is 8.37. The van der Waals surface area contributed by atoms with Crippen molar-refractivity contribution in [3.63, 3.8) is 0 Å². The molecule has 2 aromatic carbocycles. The van der Waals surface area contributed by atoms with E-state index in [0.717, 1.165) is 11.6 Å². The number of nitrogens with one attached hydrogen (secondary N) is 1. The Balaban J connectivity index is 1.97. The van der Waals surface area contributed by atoms with Crippen LogP contribution in [0.2, 0.25) is 5.02 Å². The van der Waals surface area contributed by atoms with Crippen LogP contribution in [0.5, 0.6) is 0 Å². The van der Waals surface area contributed by atoms with Gasteiger partial charge in [-0.1, -0.05) is 23.7 Å². The van der Waals surface area contributed by atoms with Gasteiger partial charge in [0, 0.05) is 18.5 Å². The number of H-pyrrole nitrogens is 1. The van der Waals surface area contributed by atoms with Crippen LogP contribution >= 0.6 is 11.6 Å². The molecule has 0 unspecified atom stereocenters. The Hall–Kier alpha value is -2.84. The van der Waals surface area contributed by atoms with E-state index in [9.17, 15) is 13.2 Å². The van der Waals surface area contributed by atoms with Gasteiger partial charge in [-0.15, -0.1) is 0 Å². The van der Waals surface area contributed by atoms with Crippen molar-refractivity contribution in [3.05, 3.63) is 64.8 Å². The lowest BCUT2D eigenvalue weighted by Crippen LogP contribution is -2.06. The third-order valence-corrected chi connectivity index (χ3v) is 4.70. The summed E-state index contributed by atoms with van der Waals surface area (Å²) in [5.41, 5.74) is 1.88. The third-order valence-electron chi connectivity index (χ3n) is 4.39. The highest BCUT2D eigenvalue weighted by atomic mass is 35.5. The lowest BCUT2D eigenvalue weighted by Gasteiger charge is -2.11. The molecule has 0 saturated carbocycles. The maximum atomic E-state index is 13.2. The monoisotopic (exact) mass is 406 g/mol. The summed E-state index contributed by atoms with van der Waals surface area (Å²) in [6, 6.07) is 11.2. The van der Waals surface area contributed by atoms with E-state index in [1.54, 1.807) is 10.6 Å². The number of aromatic amines is 1. The van der Waals surface area contributed by atoms with Gasteiger partial charge in [0.05, 0.1) is 21.6 Å². The van der Waals surface area contributed by atoms with E-state index in [4.69, 9.17) is 16.7 Å². The molecule has 0 aliphatic rings. The second-order valence-corrected chi connectivity index (χ2v) is 6.61. The van der Waals surface area contributed by atoms with Gasteiger partial charge < -0.3 is 5.11 Å². The zero-order valence-corrected chi connectivity index (χ0v) is 15.1. The molecule has 4 rings (SSSR count). The second kappa shape index (κ2) is 6.96. The molecule has 0 aliphatic heterocycles. The molecule has 5 nitrogen and oxygen atoms in total. The Morgan fingerprint density at radius 1 is 1.11 bits per heavy atom. The van der Waals surface area contributed by atoms with Crippen LogP contribution < -0.4 is 0 Å². The largest absolute Gasteiger partial charge is 0.417 e. The maximum Gasteiger partial charge on any atom is 0.417 e. The first-order valence-corrected chi connectivity index (χ1v) is 8.75. The fourth-order valence-corrected chi connectivity index (χ4v) is 3.34. The molecule has 9 heteroatoms. The number of imidazole rings is 1. The predicted molar refractivity (Wildman–Crippen MR) is 99.5 cm³/mol. The minimum absolute atomic E-state index is 0.0303.